The average Bonchev–Trinajstić information content (AvgIpc) is 2.40. The van der Waals surface area contributed by atoms with Gasteiger partial charge in [0.25, 0.3) is 0 Å². The zero-order valence-corrected chi connectivity index (χ0v) is 9.87. The van der Waals surface area contributed by atoms with Gasteiger partial charge in [-0.2, -0.15) is 0 Å². The Morgan fingerprint density at radius 3 is 2.71 bits per heavy atom. The largest absolute Gasteiger partial charge is 0.481 e. The number of hydrogen-bond acceptors (Lipinski definition) is 5. The number of rotatable bonds is 4. The third-order valence-corrected chi connectivity index (χ3v) is 2.40. The summed E-state index contributed by atoms with van der Waals surface area (Å²) in [6, 6.07) is 5.77. The molecule has 0 unspecified atom stereocenters. The summed E-state index contributed by atoms with van der Waals surface area (Å²) in [5, 5.41) is 0. The maximum Gasteiger partial charge on any atom is 0.218 e. The maximum atomic E-state index is 5.07. The minimum atomic E-state index is 0.566. The molecule has 2 heterocycles. The van der Waals surface area contributed by atoms with Gasteiger partial charge >= 0.3 is 0 Å². The molecule has 2 aromatic rings. The van der Waals surface area contributed by atoms with E-state index in [-0.39, 0.29) is 0 Å². The molecule has 0 spiro atoms. The van der Waals surface area contributed by atoms with E-state index >= 15 is 0 Å². The topological polar surface area (TPSA) is 51.1 Å². The van der Waals surface area contributed by atoms with Gasteiger partial charge in [-0.15, -0.1) is 0 Å². The molecule has 0 fully saturated rings. The Morgan fingerprint density at radius 1 is 1.24 bits per heavy atom. The van der Waals surface area contributed by atoms with E-state index in [1.54, 1.807) is 25.6 Å². The molecular formula is C12H14N4O. The number of aromatic nitrogens is 3. The number of anilines is 1. The minimum absolute atomic E-state index is 0.566. The van der Waals surface area contributed by atoms with Crippen molar-refractivity contribution in [2.75, 3.05) is 19.1 Å². The summed E-state index contributed by atoms with van der Waals surface area (Å²) in [5.74, 6) is 1.39. The number of pyridine rings is 1. The highest BCUT2D eigenvalue weighted by Gasteiger charge is 2.05. The maximum absolute atomic E-state index is 5.07. The molecule has 0 aliphatic rings. The van der Waals surface area contributed by atoms with Crippen molar-refractivity contribution < 1.29 is 4.74 Å². The lowest BCUT2D eigenvalue weighted by atomic mass is 10.2. The molecule has 2 aromatic heterocycles. The van der Waals surface area contributed by atoms with Gasteiger partial charge in [0.1, 0.15) is 12.1 Å². The van der Waals surface area contributed by atoms with Gasteiger partial charge in [-0.05, 0) is 17.7 Å². The normalized spacial score (nSPS) is 10.0. The summed E-state index contributed by atoms with van der Waals surface area (Å²) in [4.78, 5) is 14.2. The molecule has 0 saturated heterocycles. The van der Waals surface area contributed by atoms with E-state index in [4.69, 9.17) is 4.74 Å². The highest BCUT2D eigenvalue weighted by molar-refractivity contribution is 5.40. The Morgan fingerprint density at radius 2 is 2.00 bits per heavy atom. The minimum Gasteiger partial charge on any atom is -0.481 e. The van der Waals surface area contributed by atoms with Gasteiger partial charge in [0, 0.05) is 32.1 Å². The standard InChI is InChI=1S/C12H14N4O/c1-16(8-10-3-5-13-6-4-10)11-7-12(17-2)15-9-14-11/h3-7,9H,8H2,1-2H3. The fourth-order valence-electron chi connectivity index (χ4n) is 1.49. The predicted octanol–water partition coefficient (Wildman–Crippen LogP) is 1.52. The lowest BCUT2D eigenvalue weighted by Gasteiger charge is -2.18. The van der Waals surface area contributed by atoms with Crippen molar-refractivity contribution >= 4 is 5.82 Å². The van der Waals surface area contributed by atoms with Crippen molar-refractivity contribution in [1.82, 2.24) is 15.0 Å². The highest BCUT2D eigenvalue weighted by atomic mass is 16.5. The van der Waals surface area contributed by atoms with Gasteiger partial charge in [0.05, 0.1) is 7.11 Å². The van der Waals surface area contributed by atoms with E-state index in [1.165, 1.54) is 11.9 Å². The van der Waals surface area contributed by atoms with Crippen molar-refractivity contribution in [2.24, 2.45) is 0 Å². The molecule has 0 bridgehead atoms. The summed E-state index contributed by atoms with van der Waals surface area (Å²) < 4.78 is 5.07. The van der Waals surface area contributed by atoms with Crippen LogP contribution >= 0.6 is 0 Å². The SMILES string of the molecule is COc1cc(N(C)Cc2ccncc2)ncn1. The number of ether oxygens (including phenoxy) is 1. The Kier molecular flexibility index (Phi) is 3.49. The molecule has 17 heavy (non-hydrogen) atoms. The lowest BCUT2D eigenvalue weighted by Crippen LogP contribution is -2.17. The smallest absolute Gasteiger partial charge is 0.218 e. The molecule has 5 nitrogen and oxygen atoms in total. The molecule has 0 aromatic carbocycles. The zero-order valence-electron chi connectivity index (χ0n) is 9.87. The highest BCUT2D eigenvalue weighted by Crippen LogP contribution is 2.15. The summed E-state index contributed by atoms with van der Waals surface area (Å²) in [7, 11) is 3.57. The molecular weight excluding hydrogens is 216 g/mol. The van der Waals surface area contributed by atoms with Crippen LogP contribution in [0.5, 0.6) is 5.88 Å². The molecule has 0 aliphatic carbocycles. The molecule has 0 N–H and O–H groups in total. The van der Waals surface area contributed by atoms with Crippen molar-refractivity contribution in [3.8, 4) is 5.88 Å². The average molecular weight is 230 g/mol. The summed E-state index contributed by atoms with van der Waals surface area (Å²) in [6.07, 6.45) is 5.06. The third-order valence-electron chi connectivity index (χ3n) is 2.40. The van der Waals surface area contributed by atoms with Crippen LogP contribution in [0, 0.1) is 0 Å². The van der Waals surface area contributed by atoms with Crippen LogP contribution in [-0.2, 0) is 6.54 Å². The first kappa shape index (κ1) is 11.3. The first-order chi connectivity index (χ1) is 8.29. The van der Waals surface area contributed by atoms with Crippen LogP contribution in [-0.4, -0.2) is 29.1 Å². The van der Waals surface area contributed by atoms with Gasteiger partial charge in [-0.3, -0.25) is 4.98 Å². The van der Waals surface area contributed by atoms with Crippen LogP contribution < -0.4 is 9.64 Å². The van der Waals surface area contributed by atoms with Crippen molar-refractivity contribution in [3.05, 3.63) is 42.5 Å². The van der Waals surface area contributed by atoms with Crippen LogP contribution in [0.25, 0.3) is 0 Å². The number of nitrogens with zero attached hydrogens (tertiary/aromatic N) is 4. The molecule has 0 saturated carbocycles. The molecule has 0 atom stereocenters. The van der Waals surface area contributed by atoms with Gasteiger partial charge in [-0.25, -0.2) is 9.97 Å². The lowest BCUT2D eigenvalue weighted by molar-refractivity contribution is 0.397. The molecule has 0 amide bonds. The molecule has 88 valence electrons. The fraction of sp³-hybridized carbons (Fsp3) is 0.250. The van der Waals surface area contributed by atoms with Gasteiger partial charge in [0.2, 0.25) is 5.88 Å². The van der Waals surface area contributed by atoms with E-state index in [0.717, 1.165) is 12.4 Å². The van der Waals surface area contributed by atoms with Crippen LogP contribution in [0.1, 0.15) is 5.56 Å². The number of hydrogen-bond donors (Lipinski definition) is 0. The van der Waals surface area contributed by atoms with Crippen LogP contribution in [0.2, 0.25) is 0 Å². The van der Waals surface area contributed by atoms with E-state index in [1.807, 2.05) is 24.1 Å². The summed E-state index contributed by atoms with van der Waals surface area (Å²) in [5.41, 5.74) is 1.18. The molecule has 5 heteroatoms. The first-order valence-corrected chi connectivity index (χ1v) is 5.25. The first-order valence-electron chi connectivity index (χ1n) is 5.25. The van der Waals surface area contributed by atoms with Crippen LogP contribution in [0.15, 0.2) is 36.9 Å². The van der Waals surface area contributed by atoms with Gasteiger partial charge in [-0.1, -0.05) is 0 Å². The second kappa shape index (κ2) is 5.25. The second-order valence-electron chi connectivity index (χ2n) is 3.63. The molecule has 0 radical (unpaired) electrons. The van der Waals surface area contributed by atoms with Crippen LogP contribution in [0.3, 0.4) is 0 Å². The van der Waals surface area contributed by atoms with E-state index < -0.39 is 0 Å². The molecule has 2 rings (SSSR count). The van der Waals surface area contributed by atoms with E-state index in [0.29, 0.717) is 5.88 Å². The number of methoxy groups -OCH3 is 1. The molecule has 0 aliphatic heterocycles. The third kappa shape index (κ3) is 2.90. The van der Waals surface area contributed by atoms with Crippen molar-refractivity contribution in [3.63, 3.8) is 0 Å². The van der Waals surface area contributed by atoms with Crippen molar-refractivity contribution in [1.29, 1.82) is 0 Å². The fourth-order valence-corrected chi connectivity index (χ4v) is 1.49. The Hall–Kier alpha value is -2.17. The Labute approximate surface area is 100 Å². The van der Waals surface area contributed by atoms with Crippen molar-refractivity contribution in [2.45, 2.75) is 6.54 Å². The predicted molar refractivity (Wildman–Crippen MR) is 64.9 cm³/mol. The quantitative estimate of drug-likeness (QED) is 0.797. The Bertz CT molecular complexity index is 475. The summed E-state index contributed by atoms with van der Waals surface area (Å²) in [6.45, 7) is 0.767. The van der Waals surface area contributed by atoms with Crippen LogP contribution in [0.4, 0.5) is 5.82 Å². The Balaban J connectivity index is 2.11. The second-order valence-corrected chi connectivity index (χ2v) is 3.63. The summed E-state index contributed by atoms with van der Waals surface area (Å²) >= 11 is 0. The van der Waals surface area contributed by atoms with Gasteiger partial charge in [0.15, 0.2) is 0 Å². The van der Waals surface area contributed by atoms with Gasteiger partial charge < -0.3 is 9.64 Å². The van der Waals surface area contributed by atoms with E-state index in [9.17, 15) is 0 Å². The van der Waals surface area contributed by atoms with E-state index in [2.05, 4.69) is 15.0 Å². The zero-order chi connectivity index (χ0) is 12.1. The monoisotopic (exact) mass is 230 g/mol.